The molecule has 0 saturated heterocycles. The van der Waals surface area contributed by atoms with Gasteiger partial charge in [-0.3, -0.25) is 14.5 Å². The minimum absolute atomic E-state index is 0.235. The lowest BCUT2D eigenvalue weighted by molar-refractivity contribution is -0.141. The van der Waals surface area contributed by atoms with Crippen molar-refractivity contribution in [3.05, 3.63) is 35.4 Å². The molecule has 0 bridgehead atoms. The molecule has 1 aromatic rings. The third-order valence-corrected chi connectivity index (χ3v) is 3.12. The van der Waals surface area contributed by atoms with Gasteiger partial charge in [0.15, 0.2) is 0 Å². The van der Waals surface area contributed by atoms with Crippen LogP contribution in [-0.4, -0.2) is 50.7 Å². The molecule has 0 atom stereocenters. The van der Waals surface area contributed by atoms with Crippen LogP contribution >= 0.6 is 0 Å². The van der Waals surface area contributed by atoms with Gasteiger partial charge >= 0.3 is 5.97 Å². The summed E-state index contributed by atoms with van der Waals surface area (Å²) in [5.41, 5.74) is 6.74. The fourth-order valence-corrected chi connectivity index (χ4v) is 1.87. The van der Waals surface area contributed by atoms with E-state index in [-0.39, 0.29) is 5.97 Å². The number of benzene rings is 1. The van der Waals surface area contributed by atoms with Gasteiger partial charge < -0.3 is 15.2 Å². The molecule has 6 nitrogen and oxygen atoms in total. The molecule has 0 spiro atoms. The summed E-state index contributed by atoms with van der Waals surface area (Å²) in [6.07, 6.45) is 0.333. The Morgan fingerprint density at radius 1 is 1.14 bits per heavy atom. The molecule has 1 aromatic carbocycles. The maximum atomic E-state index is 11.2. The highest BCUT2D eigenvalue weighted by Gasteiger charge is 2.10. The minimum Gasteiger partial charge on any atom is -0.469 e. The van der Waals surface area contributed by atoms with E-state index in [1.54, 1.807) is 19.2 Å². The van der Waals surface area contributed by atoms with E-state index in [1.165, 1.54) is 7.11 Å². The van der Waals surface area contributed by atoms with Crippen molar-refractivity contribution in [1.82, 2.24) is 4.90 Å². The van der Waals surface area contributed by atoms with E-state index in [2.05, 4.69) is 9.64 Å². The van der Waals surface area contributed by atoms with Gasteiger partial charge in [-0.15, -0.1) is 0 Å². The molecular formula is C15H22N2O4. The number of amides is 1. The lowest BCUT2D eigenvalue weighted by atomic mass is 10.1. The first kappa shape index (κ1) is 17.1. The average molecular weight is 294 g/mol. The largest absolute Gasteiger partial charge is 0.469 e. The summed E-state index contributed by atoms with van der Waals surface area (Å²) in [5.74, 6) is -0.676. The molecule has 0 radical (unpaired) electrons. The monoisotopic (exact) mass is 294 g/mol. The van der Waals surface area contributed by atoms with E-state index in [4.69, 9.17) is 10.5 Å². The summed E-state index contributed by atoms with van der Waals surface area (Å²) in [7, 11) is 3.02. The molecule has 0 saturated carbocycles. The van der Waals surface area contributed by atoms with Gasteiger partial charge in [0.1, 0.15) is 0 Å². The predicted molar refractivity (Wildman–Crippen MR) is 78.7 cm³/mol. The molecule has 0 aliphatic rings. The van der Waals surface area contributed by atoms with Gasteiger partial charge in [-0.05, 0) is 17.7 Å². The molecule has 0 aromatic heterocycles. The maximum absolute atomic E-state index is 11.2. The highest BCUT2D eigenvalue weighted by molar-refractivity contribution is 5.92. The van der Waals surface area contributed by atoms with Crippen LogP contribution in [-0.2, 0) is 20.8 Å². The van der Waals surface area contributed by atoms with E-state index < -0.39 is 5.91 Å². The standard InChI is InChI=1S/C15H22N2O4/c1-20-10-9-17(8-7-14(18)21-2)11-12-3-5-13(6-4-12)15(16)19/h3-6H,7-11H2,1-2H3,(H2,16,19). The van der Waals surface area contributed by atoms with Crippen molar-refractivity contribution >= 4 is 11.9 Å². The molecule has 2 N–H and O–H groups in total. The van der Waals surface area contributed by atoms with Gasteiger partial charge in [0.25, 0.3) is 0 Å². The number of nitrogens with two attached hydrogens (primary N) is 1. The second-order valence-corrected chi connectivity index (χ2v) is 4.66. The topological polar surface area (TPSA) is 81.9 Å². The van der Waals surface area contributed by atoms with Crippen LogP contribution in [0.25, 0.3) is 0 Å². The Kier molecular flexibility index (Phi) is 7.42. The number of hydrogen-bond acceptors (Lipinski definition) is 5. The van der Waals surface area contributed by atoms with Gasteiger partial charge in [0.2, 0.25) is 5.91 Å². The summed E-state index contributed by atoms with van der Waals surface area (Å²) in [6.45, 7) is 2.55. The van der Waals surface area contributed by atoms with Gasteiger partial charge in [-0.1, -0.05) is 12.1 Å². The van der Waals surface area contributed by atoms with Crippen LogP contribution in [0.3, 0.4) is 0 Å². The second-order valence-electron chi connectivity index (χ2n) is 4.66. The van der Waals surface area contributed by atoms with Crippen molar-refractivity contribution in [2.45, 2.75) is 13.0 Å². The molecule has 0 heterocycles. The molecule has 116 valence electrons. The SMILES string of the molecule is COCCN(CCC(=O)OC)Cc1ccc(C(N)=O)cc1. The first-order valence-corrected chi connectivity index (χ1v) is 6.73. The van der Waals surface area contributed by atoms with Crippen molar-refractivity contribution < 1.29 is 19.1 Å². The van der Waals surface area contributed by atoms with E-state index in [9.17, 15) is 9.59 Å². The van der Waals surface area contributed by atoms with E-state index >= 15 is 0 Å². The second kappa shape index (κ2) is 9.10. The summed E-state index contributed by atoms with van der Waals surface area (Å²) in [4.78, 5) is 24.4. The van der Waals surface area contributed by atoms with Crippen molar-refractivity contribution in [2.75, 3.05) is 33.9 Å². The smallest absolute Gasteiger partial charge is 0.306 e. The van der Waals surface area contributed by atoms with Crippen LogP contribution in [0.4, 0.5) is 0 Å². The van der Waals surface area contributed by atoms with Crippen molar-refractivity contribution in [2.24, 2.45) is 5.73 Å². The van der Waals surface area contributed by atoms with Crippen molar-refractivity contribution in [3.8, 4) is 0 Å². The van der Waals surface area contributed by atoms with Crippen LogP contribution in [0.2, 0.25) is 0 Å². The fourth-order valence-electron chi connectivity index (χ4n) is 1.87. The lowest BCUT2D eigenvalue weighted by Crippen LogP contribution is -2.29. The lowest BCUT2D eigenvalue weighted by Gasteiger charge is -2.21. The molecule has 1 rings (SSSR count). The first-order valence-electron chi connectivity index (χ1n) is 6.73. The molecule has 1 amide bonds. The number of carbonyl (C=O) groups excluding carboxylic acids is 2. The number of ether oxygens (including phenoxy) is 2. The Balaban J connectivity index is 2.61. The molecular weight excluding hydrogens is 272 g/mol. The third-order valence-electron chi connectivity index (χ3n) is 3.12. The summed E-state index contributed by atoms with van der Waals surface area (Å²) in [6, 6.07) is 7.12. The minimum atomic E-state index is -0.441. The van der Waals surface area contributed by atoms with Crippen molar-refractivity contribution in [3.63, 3.8) is 0 Å². The Labute approximate surface area is 124 Å². The number of rotatable bonds is 9. The van der Waals surface area contributed by atoms with E-state index in [1.807, 2.05) is 12.1 Å². The summed E-state index contributed by atoms with van der Waals surface area (Å²) < 4.78 is 9.72. The molecule has 0 fully saturated rings. The number of methoxy groups -OCH3 is 2. The quantitative estimate of drug-likeness (QED) is 0.681. The number of esters is 1. The van der Waals surface area contributed by atoms with Crippen molar-refractivity contribution in [1.29, 1.82) is 0 Å². The molecule has 0 unspecified atom stereocenters. The van der Waals surface area contributed by atoms with Gasteiger partial charge in [-0.2, -0.15) is 0 Å². The number of primary amides is 1. The third kappa shape index (κ3) is 6.37. The van der Waals surface area contributed by atoms with E-state index in [0.29, 0.717) is 38.2 Å². The van der Waals surface area contributed by atoms with Crippen LogP contribution in [0.15, 0.2) is 24.3 Å². The zero-order valence-corrected chi connectivity index (χ0v) is 12.5. The van der Waals surface area contributed by atoms with Crippen LogP contribution in [0.5, 0.6) is 0 Å². The number of nitrogens with zero attached hydrogens (tertiary/aromatic N) is 1. The maximum Gasteiger partial charge on any atom is 0.306 e. The Morgan fingerprint density at radius 2 is 1.81 bits per heavy atom. The van der Waals surface area contributed by atoms with Crippen LogP contribution < -0.4 is 5.73 Å². The van der Waals surface area contributed by atoms with E-state index in [0.717, 1.165) is 5.56 Å². The Morgan fingerprint density at radius 3 is 2.33 bits per heavy atom. The van der Waals surface area contributed by atoms with Crippen LogP contribution in [0, 0.1) is 0 Å². The summed E-state index contributed by atoms with van der Waals surface area (Å²) >= 11 is 0. The fraction of sp³-hybridized carbons (Fsp3) is 0.467. The summed E-state index contributed by atoms with van der Waals surface area (Å²) in [5, 5.41) is 0. The zero-order valence-electron chi connectivity index (χ0n) is 12.5. The number of carbonyl (C=O) groups is 2. The highest BCUT2D eigenvalue weighted by Crippen LogP contribution is 2.08. The van der Waals surface area contributed by atoms with Gasteiger partial charge in [-0.25, -0.2) is 0 Å². The predicted octanol–water partition coefficient (Wildman–Crippen LogP) is 0.797. The Bertz CT molecular complexity index is 459. The zero-order chi connectivity index (χ0) is 15.7. The molecule has 21 heavy (non-hydrogen) atoms. The van der Waals surface area contributed by atoms with Gasteiger partial charge in [0.05, 0.1) is 20.1 Å². The average Bonchev–Trinajstić information content (AvgIpc) is 2.50. The Hall–Kier alpha value is -1.92. The first-order chi connectivity index (χ1) is 10.1. The normalized spacial score (nSPS) is 10.6. The number of hydrogen-bond donors (Lipinski definition) is 1. The molecule has 6 heteroatoms. The molecule has 0 aliphatic carbocycles. The van der Waals surface area contributed by atoms with Crippen LogP contribution in [0.1, 0.15) is 22.3 Å². The highest BCUT2D eigenvalue weighted by atomic mass is 16.5. The molecule has 0 aliphatic heterocycles. The van der Waals surface area contributed by atoms with Gasteiger partial charge in [0, 0.05) is 32.3 Å².